The number of benzene rings is 4. The molecular formula is C32H22N2O2S. The minimum Gasteiger partial charge on any atom is -0.294 e. The number of ketones is 2. The summed E-state index contributed by atoms with van der Waals surface area (Å²) in [5, 5.41) is 2.55. The van der Waals surface area contributed by atoms with E-state index in [2.05, 4.69) is 49.1 Å². The molecule has 7 rings (SSSR count). The van der Waals surface area contributed by atoms with Crippen LogP contribution < -0.4 is 4.90 Å². The fourth-order valence-corrected chi connectivity index (χ4v) is 6.60. The number of aromatic nitrogens is 1. The molecule has 0 bridgehead atoms. The molecule has 5 heteroatoms. The van der Waals surface area contributed by atoms with E-state index in [1.165, 1.54) is 5.56 Å². The average molecular weight is 499 g/mol. The minimum atomic E-state index is -0.282. The summed E-state index contributed by atoms with van der Waals surface area (Å²) in [4.78, 5) is 35.0. The fourth-order valence-electron chi connectivity index (χ4n) is 5.48. The Hall–Kier alpha value is -4.35. The summed E-state index contributed by atoms with van der Waals surface area (Å²) in [7, 11) is 0. The van der Waals surface area contributed by atoms with Crippen LogP contribution in [0.2, 0.25) is 0 Å². The van der Waals surface area contributed by atoms with Crippen molar-refractivity contribution in [3.05, 3.63) is 123 Å². The molecule has 4 aromatic carbocycles. The Labute approximate surface area is 218 Å². The summed E-state index contributed by atoms with van der Waals surface area (Å²) in [6.45, 7) is 4.41. The van der Waals surface area contributed by atoms with Gasteiger partial charge in [0.25, 0.3) is 0 Å². The Morgan fingerprint density at radius 1 is 0.784 bits per heavy atom. The third-order valence-corrected chi connectivity index (χ3v) is 8.69. The summed E-state index contributed by atoms with van der Waals surface area (Å²) in [6.07, 6.45) is 1.68. The number of hydrogen-bond acceptors (Lipinski definition) is 5. The van der Waals surface area contributed by atoms with Gasteiger partial charge in [0.2, 0.25) is 0 Å². The predicted molar refractivity (Wildman–Crippen MR) is 150 cm³/mol. The normalized spacial score (nSPS) is 15.5. The molecule has 0 radical (unpaired) electrons. The number of allylic oxidation sites excluding steroid dienone is 1. The second-order valence-electron chi connectivity index (χ2n) is 9.98. The molecule has 0 N–H and O–H groups in total. The number of hydrogen-bond donors (Lipinski definition) is 0. The van der Waals surface area contributed by atoms with E-state index in [1.807, 2.05) is 60.7 Å². The Morgan fingerprint density at radius 2 is 1.38 bits per heavy atom. The van der Waals surface area contributed by atoms with E-state index in [9.17, 15) is 9.59 Å². The first-order valence-electron chi connectivity index (χ1n) is 12.2. The van der Waals surface area contributed by atoms with Gasteiger partial charge in [-0.3, -0.25) is 14.5 Å². The van der Waals surface area contributed by atoms with Crippen molar-refractivity contribution in [1.29, 1.82) is 0 Å². The lowest BCUT2D eigenvalue weighted by Crippen LogP contribution is -2.29. The highest BCUT2D eigenvalue weighted by molar-refractivity contribution is 7.13. The third-order valence-electron chi connectivity index (χ3n) is 7.37. The van der Waals surface area contributed by atoms with E-state index in [0.717, 1.165) is 32.8 Å². The van der Waals surface area contributed by atoms with Crippen LogP contribution in [0.5, 0.6) is 0 Å². The van der Waals surface area contributed by atoms with Gasteiger partial charge in [-0.25, -0.2) is 4.98 Å². The van der Waals surface area contributed by atoms with E-state index < -0.39 is 0 Å². The van der Waals surface area contributed by atoms with Crippen molar-refractivity contribution >= 4 is 56.9 Å². The molecule has 1 aliphatic heterocycles. The van der Waals surface area contributed by atoms with Gasteiger partial charge in [-0.15, -0.1) is 11.3 Å². The monoisotopic (exact) mass is 498 g/mol. The maximum absolute atomic E-state index is 13.4. The number of Topliss-reactive ketones (excluding diaryl/α,β-unsaturated/α-hetero) is 2. The summed E-state index contributed by atoms with van der Waals surface area (Å²) in [5.41, 5.74) is 4.14. The summed E-state index contributed by atoms with van der Waals surface area (Å²) < 4.78 is 0. The second kappa shape index (κ2) is 7.82. The zero-order valence-electron chi connectivity index (χ0n) is 20.4. The molecule has 178 valence electrons. The molecule has 1 aromatic heterocycles. The van der Waals surface area contributed by atoms with Gasteiger partial charge in [-0.2, -0.15) is 0 Å². The largest absolute Gasteiger partial charge is 0.294 e. The number of carbonyl (C=O) groups is 2. The number of nitrogens with zero attached hydrogens (tertiary/aromatic N) is 2. The van der Waals surface area contributed by atoms with Crippen molar-refractivity contribution in [2.24, 2.45) is 0 Å². The van der Waals surface area contributed by atoms with Crippen LogP contribution in [0.25, 0.3) is 16.8 Å². The van der Waals surface area contributed by atoms with Crippen LogP contribution in [0.3, 0.4) is 0 Å². The van der Waals surface area contributed by atoms with Crippen molar-refractivity contribution in [3.63, 3.8) is 0 Å². The first kappa shape index (κ1) is 21.9. The molecule has 1 aliphatic carbocycles. The van der Waals surface area contributed by atoms with Crippen LogP contribution in [-0.2, 0) is 5.41 Å². The van der Waals surface area contributed by atoms with Gasteiger partial charge in [0.05, 0.1) is 16.1 Å². The smallest absolute Gasteiger partial charge is 0.197 e. The van der Waals surface area contributed by atoms with E-state index in [1.54, 1.807) is 17.4 Å². The lowest BCUT2D eigenvalue weighted by molar-refractivity contribution is 0.0990. The molecule has 0 atom stereocenters. The summed E-state index contributed by atoms with van der Waals surface area (Å²) in [5.74, 6) is 0.371. The SMILES string of the molecule is CC1(C)c2ccccc2N(c2ccccc2)c2nc(C=C3C(=O)c4cc5ccccc5cc4C3=O)sc21. The van der Waals surface area contributed by atoms with E-state index in [-0.39, 0.29) is 22.6 Å². The standard InChI is InChI=1S/C32H22N2O2S/c1-32(2)25-14-8-9-15-26(25)34(21-12-4-3-5-13-21)31-30(32)37-27(33-31)18-24-28(35)22-16-19-10-6-7-11-20(19)17-23(22)29(24)36/h3-18H,1-2H3. The van der Waals surface area contributed by atoms with Crippen LogP contribution in [0.15, 0.2) is 96.6 Å². The van der Waals surface area contributed by atoms with Crippen LogP contribution in [0.1, 0.15) is 50.0 Å². The number of anilines is 3. The van der Waals surface area contributed by atoms with Crippen LogP contribution >= 0.6 is 11.3 Å². The highest BCUT2D eigenvalue weighted by Gasteiger charge is 2.40. The van der Waals surface area contributed by atoms with Crippen molar-refractivity contribution in [3.8, 4) is 0 Å². The minimum absolute atomic E-state index is 0.179. The Bertz CT molecular complexity index is 1740. The molecule has 0 spiro atoms. The fraction of sp³-hybridized carbons (Fsp3) is 0.0938. The van der Waals surface area contributed by atoms with Crippen molar-refractivity contribution in [2.45, 2.75) is 19.3 Å². The maximum atomic E-state index is 13.4. The molecule has 2 aliphatic rings. The molecule has 0 unspecified atom stereocenters. The van der Waals surface area contributed by atoms with Gasteiger partial charge in [0.15, 0.2) is 17.4 Å². The molecule has 4 nitrogen and oxygen atoms in total. The van der Waals surface area contributed by atoms with E-state index in [0.29, 0.717) is 16.1 Å². The Morgan fingerprint density at radius 3 is 2.05 bits per heavy atom. The molecule has 0 amide bonds. The Balaban J connectivity index is 1.38. The average Bonchev–Trinajstić information content (AvgIpc) is 3.44. The number of para-hydroxylation sites is 2. The second-order valence-corrected chi connectivity index (χ2v) is 11.0. The number of thiazole rings is 1. The van der Waals surface area contributed by atoms with Crippen LogP contribution in [0.4, 0.5) is 17.2 Å². The predicted octanol–water partition coefficient (Wildman–Crippen LogP) is 7.87. The topological polar surface area (TPSA) is 50.3 Å². The Kier molecular flexibility index (Phi) is 4.63. The lowest BCUT2D eigenvalue weighted by atomic mass is 9.79. The lowest BCUT2D eigenvalue weighted by Gasteiger charge is -2.38. The molecule has 2 heterocycles. The quantitative estimate of drug-likeness (QED) is 0.184. The first-order valence-corrected chi connectivity index (χ1v) is 13.0. The van der Waals surface area contributed by atoms with Crippen molar-refractivity contribution in [2.75, 3.05) is 4.90 Å². The van der Waals surface area contributed by atoms with Gasteiger partial charge in [0, 0.05) is 22.2 Å². The van der Waals surface area contributed by atoms with Gasteiger partial charge >= 0.3 is 0 Å². The highest BCUT2D eigenvalue weighted by atomic mass is 32.1. The first-order chi connectivity index (χ1) is 17.9. The third kappa shape index (κ3) is 3.17. The molecule has 0 saturated heterocycles. The number of rotatable bonds is 2. The number of fused-ring (bicyclic) bond motifs is 4. The van der Waals surface area contributed by atoms with Gasteiger partial charge in [0.1, 0.15) is 5.01 Å². The van der Waals surface area contributed by atoms with Crippen molar-refractivity contribution in [1.82, 2.24) is 4.98 Å². The maximum Gasteiger partial charge on any atom is 0.197 e. The van der Waals surface area contributed by atoms with Crippen LogP contribution in [0, 0.1) is 0 Å². The van der Waals surface area contributed by atoms with E-state index >= 15 is 0 Å². The van der Waals surface area contributed by atoms with Gasteiger partial charge < -0.3 is 0 Å². The van der Waals surface area contributed by atoms with Crippen molar-refractivity contribution < 1.29 is 9.59 Å². The zero-order valence-corrected chi connectivity index (χ0v) is 21.2. The number of carbonyl (C=O) groups excluding carboxylic acids is 2. The molecule has 0 saturated carbocycles. The molecule has 0 fully saturated rings. The molecule has 37 heavy (non-hydrogen) atoms. The van der Waals surface area contributed by atoms with Crippen LogP contribution in [-0.4, -0.2) is 16.6 Å². The summed E-state index contributed by atoms with van der Waals surface area (Å²) >= 11 is 1.54. The molecular weight excluding hydrogens is 476 g/mol. The highest BCUT2D eigenvalue weighted by Crippen LogP contribution is 2.53. The van der Waals surface area contributed by atoms with Gasteiger partial charge in [-0.1, -0.05) is 74.5 Å². The molecule has 5 aromatic rings. The van der Waals surface area contributed by atoms with Gasteiger partial charge in [-0.05, 0) is 52.7 Å². The summed E-state index contributed by atoms with van der Waals surface area (Å²) in [6, 6.07) is 30.0. The van der Waals surface area contributed by atoms with E-state index in [4.69, 9.17) is 4.98 Å². The zero-order chi connectivity index (χ0) is 25.3.